The number of carbonyl (C=O) groups excluding carboxylic acids is 3. The van der Waals surface area contributed by atoms with Crippen molar-refractivity contribution >= 4 is 58.6 Å². The van der Waals surface area contributed by atoms with Gasteiger partial charge in [-0.15, -0.1) is 10.2 Å². The Kier molecular flexibility index (Phi) is 11.3. The third-order valence-corrected chi connectivity index (χ3v) is 8.50. The fraction of sp³-hybridized carbons (Fsp3) is 0.229. The molecule has 5 aromatic rings. The minimum atomic E-state index is -4.65. The summed E-state index contributed by atoms with van der Waals surface area (Å²) in [5.74, 6) is -4.24. The van der Waals surface area contributed by atoms with Crippen LogP contribution in [-0.4, -0.2) is 83.9 Å². The van der Waals surface area contributed by atoms with Crippen LogP contribution in [0.1, 0.15) is 28.8 Å². The van der Waals surface area contributed by atoms with Crippen LogP contribution >= 0.6 is 11.6 Å². The largest absolute Gasteiger partial charge is 0.480 e. The third-order valence-electron chi connectivity index (χ3n) is 8.25. The van der Waals surface area contributed by atoms with Crippen molar-refractivity contribution in [2.45, 2.75) is 30.6 Å². The molecule has 1 fully saturated rings. The molecule has 56 heavy (non-hydrogen) atoms. The van der Waals surface area contributed by atoms with Gasteiger partial charge in [0.1, 0.15) is 12.4 Å². The van der Waals surface area contributed by atoms with Crippen LogP contribution in [0.15, 0.2) is 79.1 Å². The van der Waals surface area contributed by atoms with Gasteiger partial charge in [0.15, 0.2) is 12.4 Å². The van der Waals surface area contributed by atoms with E-state index in [1.807, 2.05) is 12.1 Å². The van der Waals surface area contributed by atoms with E-state index in [2.05, 4.69) is 51.7 Å². The van der Waals surface area contributed by atoms with Crippen LogP contribution in [0.2, 0.25) is 5.02 Å². The minimum absolute atomic E-state index is 0.0134. The second kappa shape index (κ2) is 16.3. The molecule has 0 saturated heterocycles. The van der Waals surface area contributed by atoms with Gasteiger partial charge in [-0.05, 0) is 66.9 Å². The van der Waals surface area contributed by atoms with Crippen LogP contribution in [-0.2, 0) is 27.0 Å². The van der Waals surface area contributed by atoms with E-state index >= 15 is 0 Å². The minimum Gasteiger partial charge on any atom is -0.480 e. The first-order valence-corrected chi connectivity index (χ1v) is 17.0. The van der Waals surface area contributed by atoms with E-state index in [-0.39, 0.29) is 23.1 Å². The van der Waals surface area contributed by atoms with Gasteiger partial charge in [-0.1, -0.05) is 35.9 Å². The number of nitrogens with zero attached hydrogens (tertiary/aromatic N) is 6. The SMILES string of the molecule is Cn1cnnc1-c1cccc(NC(=O)C(=O)NC[C@H](NC(=O)c2ccc(Nc3nc(NC4(c5ccc(Cl)cc5)CC4)nc(OCC(F)(F)F)n3)cc2)C(=O)O)c1. The van der Waals surface area contributed by atoms with Gasteiger partial charge in [0.25, 0.3) is 5.91 Å². The summed E-state index contributed by atoms with van der Waals surface area (Å²) in [6.07, 6.45) is -1.77. The van der Waals surface area contributed by atoms with Crippen molar-refractivity contribution in [3.05, 3.63) is 95.3 Å². The van der Waals surface area contributed by atoms with Crippen molar-refractivity contribution in [2.24, 2.45) is 7.05 Å². The fourth-order valence-corrected chi connectivity index (χ4v) is 5.42. The molecule has 6 N–H and O–H groups in total. The summed E-state index contributed by atoms with van der Waals surface area (Å²) in [7, 11) is 1.74. The number of carbonyl (C=O) groups is 4. The number of carboxylic acids is 1. The number of halogens is 4. The first-order chi connectivity index (χ1) is 26.7. The molecule has 1 aliphatic carbocycles. The maximum absolute atomic E-state index is 13.0. The van der Waals surface area contributed by atoms with E-state index in [0.29, 0.717) is 34.9 Å². The normalized spacial score (nSPS) is 13.5. The van der Waals surface area contributed by atoms with Gasteiger partial charge in [-0.3, -0.25) is 14.4 Å². The molecule has 290 valence electrons. The summed E-state index contributed by atoms with van der Waals surface area (Å²) in [6, 6.07) is 16.8. The molecule has 0 radical (unpaired) electrons. The summed E-state index contributed by atoms with van der Waals surface area (Å²) in [5.41, 5.74) is 1.51. The highest BCUT2D eigenvalue weighted by molar-refractivity contribution is 6.39. The van der Waals surface area contributed by atoms with Crippen molar-refractivity contribution < 1.29 is 42.2 Å². The van der Waals surface area contributed by atoms with E-state index in [0.717, 1.165) is 5.56 Å². The smallest absolute Gasteiger partial charge is 0.422 e. The zero-order valence-electron chi connectivity index (χ0n) is 29.1. The molecule has 21 heteroatoms. The van der Waals surface area contributed by atoms with Crippen molar-refractivity contribution in [3.8, 4) is 17.4 Å². The Labute approximate surface area is 320 Å². The molecule has 3 aromatic carbocycles. The summed E-state index contributed by atoms with van der Waals surface area (Å²) < 4.78 is 45.3. The number of hydrogen-bond donors (Lipinski definition) is 6. The zero-order chi connectivity index (χ0) is 40.0. The fourth-order valence-electron chi connectivity index (χ4n) is 5.29. The number of nitrogens with one attached hydrogen (secondary N) is 5. The lowest BCUT2D eigenvalue weighted by atomic mass is 10.1. The van der Waals surface area contributed by atoms with Crippen LogP contribution in [0.3, 0.4) is 0 Å². The van der Waals surface area contributed by atoms with Crippen molar-refractivity contribution in [1.82, 2.24) is 40.3 Å². The quantitative estimate of drug-likeness (QED) is 0.0874. The highest BCUT2D eigenvalue weighted by Gasteiger charge is 2.45. The van der Waals surface area contributed by atoms with Crippen LogP contribution in [0.25, 0.3) is 11.4 Å². The average molecular weight is 794 g/mol. The molecule has 6 rings (SSSR count). The summed E-state index contributed by atoms with van der Waals surface area (Å²) in [4.78, 5) is 62.2. The van der Waals surface area contributed by atoms with Crippen molar-refractivity contribution in [2.75, 3.05) is 29.1 Å². The number of anilines is 4. The molecule has 17 nitrogen and oxygen atoms in total. The molecule has 0 bridgehead atoms. The molecule has 1 saturated carbocycles. The number of benzene rings is 3. The number of carboxylic acid groups (broad SMARTS) is 1. The molecule has 0 unspecified atom stereocenters. The van der Waals surface area contributed by atoms with Crippen molar-refractivity contribution in [3.63, 3.8) is 0 Å². The number of aromatic nitrogens is 6. The van der Waals surface area contributed by atoms with E-state index < -0.39 is 60.6 Å². The standard InChI is InChI=1S/C35H31ClF3N11O6/c1-50-18-41-49-26(50)20-3-2-4-24(15-20)42-29(53)28(52)40-16-25(30(54)55)44-27(51)19-5-11-23(12-6-19)43-31-45-32(47-33(46-31)56-17-35(37,38)39)48-34(13-14-34)21-7-9-22(36)10-8-21/h2-12,15,18,25H,13-14,16-17H2,1H3,(H,40,52)(H,42,53)(H,44,51)(H,54,55)(H2,43,45,46,47,48)/t25-/m0/s1. The number of alkyl halides is 3. The van der Waals surface area contributed by atoms with Crippen LogP contribution in [0.5, 0.6) is 6.01 Å². The zero-order valence-corrected chi connectivity index (χ0v) is 29.9. The molecule has 1 aliphatic rings. The predicted molar refractivity (Wildman–Crippen MR) is 194 cm³/mol. The van der Waals surface area contributed by atoms with E-state index in [9.17, 15) is 37.5 Å². The number of amides is 3. The van der Waals surface area contributed by atoms with Gasteiger partial charge in [-0.2, -0.15) is 28.1 Å². The van der Waals surface area contributed by atoms with Gasteiger partial charge in [0.2, 0.25) is 11.9 Å². The highest BCUT2D eigenvalue weighted by Crippen LogP contribution is 2.48. The van der Waals surface area contributed by atoms with Gasteiger partial charge in [0.05, 0.1) is 5.54 Å². The Hall–Kier alpha value is -6.83. The Morgan fingerprint density at radius 2 is 1.66 bits per heavy atom. The lowest BCUT2D eigenvalue weighted by Gasteiger charge is -2.19. The topological polar surface area (TPSA) is 227 Å². The third kappa shape index (κ3) is 10.0. The van der Waals surface area contributed by atoms with E-state index in [1.54, 1.807) is 48.0 Å². The van der Waals surface area contributed by atoms with Gasteiger partial charge in [-0.25, -0.2) is 4.79 Å². The van der Waals surface area contributed by atoms with E-state index in [1.165, 1.54) is 30.6 Å². The summed E-state index contributed by atoms with van der Waals surface area (Å²) >= 11 is 6.02. The number of aryl methyl sites for hydroxylation is 1. The number of aliphatic carboxylic acids is 1. The Balaban J connectivity index is 1.07. The monoisotopic (exact) mass is 793 g/mol. The van der Waals surface area contributed by atoms with Crippen molar-refractivity contribution in [1.29, 1.82) is 0 Å². The molecular weight excluding hydrogens is 763 g/mol. The first kappa shape index (κ1) is 38.9. The lowest BCUT2D eigenvalue weighted by Crippen LogP contribution is -2.50. The van der Waals surface area contributed by atoms with Gasteiger partial charge < -0.3 is 41.0 Å². The average Bonchev–Trinajstić information content (AvgIpc) is 3.81. The molecule has 0 aliphatic heterocycles. The predicted octanol–water partition coefficient (Wildman–Crippen LogP) is 4.04. The summed E-state index contributed by atoms with van der Waals surface area (Å²) in [6.45, 7) is -2.27. The molecule has 0 spiro atoms. The second-order valence-electron chi connectivity index (χ2n) is 12.5. The van der Waals surface area contributed by atoms with Gasteiger partial charge >= 0.3 is 30.0 Å². The molecule has 3 amide bonds. The van der Waals surface area contributed by atoms with Crippen LogP contribution < -0.4 is 31.3 Å². The lowest BCUT2D eigenvalue weighted by molar-refractivity contribution is -0.154. The number of ether oxygens (including phenoxy) is 1. The number of rotatable bonds is 14. The first-order valence-electron chi connectivity index (χ1n) is 16.6. The number of hydrogen-bond acceptors (Lipinski definition) is 12. The maximum atomic E-state index is 13.0. The van der Waals surface area contributed by atoms with E-state index in [4.69, 9.17) is 16.3 Å². The molecule has 2 heterocycles. The Morgan fingerprint density at radius 1 is 0.946 bits per heavy atom. The second-order valence-corrected chi connectivity index (χ2v) is 12.9. The maximum Gasteiger partial charge on any atom is 0.422 e. The van der Waals surface area contributed by atoms with Crippen LogP contribution in [0, 0.1) is 0 Å². The van der Waals surface area contributed by atoms with Crippen LogP contribution in [0.4, 0.5) is 36.4 Å². The molecular formula is C35H31ClF3N11O6. The molecule has 2 aromatic heterocycles. The van der Waals surface area contributed by atoms with Gasteiger partial charge in [0, 0.05) is 41.1 Å². The highest BCUT2D eigenvalue weighted by atomic mass is 35.5. The Morgan fingerprint density at radius 3 is 2.30 bits per heavy atom. The molecule has 1 atom stereocenters. The summed E-state index contributed by atoms with van der Waals surface area (Å²) in [5, 5.41) is 30.9. The Bertz CT molecular complexity index is 2250.